The number of anilines is 1. The summed E-state index contributed by atoms with van der Waals surface area (Å²) in [7, 11) is 0. The van der Waals surface area contributed by atoms with Crippen LogP contribution >= 0.6 is 22.6 Å². The van der Waals surface area contributed by atoms with E-state index in [0.717, 1.165) is 9.39 Å². The molecule has 1 aromatic carbocycles. The molecule has 1 aliphatic heterocycles. The van der Waals surface area contributed by atoms with E-state index in [4.69, 9.17) is 0 Å². The number of hydrogen-bond acceptors (Lipinski definition) is 2. The lowest BCUT2D eigenvalue weighted by Gasteiger charge is -2.23. The van der Waals surface area contributed by atoms with Gasteiger partial charge in [-0.1, -0.05) is 0 Å². The van der Waals surface area contributed by atoms with Crippen LogP contribution in [0.2, 0.25) is 0 Å². The number of nitrogens with one attached hydrogen (secondary N) is 1. The van der Waals surface area contributed by atoms with Gasteiger partial charge in [-0.2, -0.15) is 0 Å². The Labute approximate surface area is 131 Å². The quantitative estimate of drug-likeness (QED) is 0.624. The third kappa shape index (κ3) is 2.35. The minimum absolute atomic E-state index is 0.0851. The van der Waals surface area contributed by atoms with Crippen molar-refractivity contribution < 1.29 is 4.39 Å². The lowest BCUT2D eigenvalue weighted by Crippen LogP contribution is -2.35. The van der Waals surface area contributed by atoms with E-state index in [1.165, 1.54) is 23.5 Å². The van der Waals surface area contributed by atoms with Gasteiger partial charge in [0.1, 0.15) is 12.0 Å². The highest BCUT2D eigenvalue weighted by Gasteiger charge is 2.24. The number of hydrazine groups is 1. The number of hydrogen-bond donors (Lipinski definition) is 1. The van der Waals surface area contributed by atoms with Crippen LogP contribution in [-0.2, 0) is 0 Å². The Morgan fingerprint density at radius 1 is 1.05 bits per heavy atom. The molecule has 0 radical (unpaired) electrons. The van der Waals surface area contributed by atoms with Gasteiger partial charge >= 0.3 is 0 Å². The van der Waals surface area contributed by atoms with Gasteiger partial charge in [0.15, 0.2) is 0 Å². The molecular weight excluding hydrogens is 368 g/mol. The first-order chi connectivity index (χ1) is 9.56. The van der Waals surface area contributed by atoms with Crippen LogP contribution in [0.15, 0.2) is 46.2 Å². The number of rotatable bonds is 2. The van der Waals surface area contributed by atoms with Crippen LogP contribution < -0.4 is 10.4 Å². The first-order valence-corrected chi connectivity index (χ1v) is 7.48. The van der Waals surface area contributed by atoms with E-state index < -0.39 is 0 Å². The maximum absolute atomic E-state index is 13.0. The molecule has 1 aliphatic rings. The highest BCUT2D eigenvalue weighted by Crippen LogP contribution is 2.31. The van der Waals surface area contributed by atoms with Gasteiger partial charge in [0.25, 0.3) is 0 Å². The van der Waals surface area contributed by atoms with Crippen LogP contribution in [0.1, 0.15) is 17.6 Å². The van der Waals surface area contributed by atoms with Crippen molar-refractivity contribution in [3.63, 3.8) is 0 Å². The van der Waals surface area contributed by atoms with Gasteiger partial charge in [-0.25, -0.2) is 9.82 Å². The van der Waals surface area contributed by atoms with Crippen LogP contribution in [0.3, 0.4) is 0 Å². The molecule has 1 aromatic heterocycles. The molecule has 0 fully saturated rings. The van der Waals surface area contributed by atoms with Crippen molar-refractivity contribution in [2.75, 3.05) is 5.01 Å². The Hall–Kier alpha value is -1.34. The van der Waals surface area contributed by atoms with Crippen molar-refractivity contribution in [3.8, 4) is 0 Å². The molecule has 1 atom stereocenters. The summed E-state index contributed by atoms with van der Waals surface area (Å²) in [6.45, 7) is 4.19. The molecule has 20 heavy (non-hydrogen) atoms. The molecule has 0 aliphatic carbocycles. The summed E-state index contributed by atoms with van der Waals surface area (Å²) < 4.78 is 16.3. The van der Waals surface area contributed by atoms with Crippen molar-refractivity contribution in [3.05, 3.63) is 63.4 Å². The summed E-state index contributed by atoms with van der Waals surface area (Å²) in [5.74, 6) is -0.222. The van der Waals surface area contributed by atoms with E-state index in [9.17, 15) is 4.39 Å². The highest BCUT2D eigenvalue weighted by molar-refractivity contribution is 14.1. The van der Waals surface area contributed by atoms with E-state index in [-0.39, 0.29) is 12.0 Å². The Kier molecular flexibility index (Phi) is 3.55. The van der Waals surface area contributed by atoms with E-state index in [2.05, 4.69) is 64.6 Å². The first-order valence-electron chi connectivity index (χ1n) is 6.40. The largest absolute Gasteiger partial charge is 0.328 e. The lowest BCUT2D eigenvalue weighted by atomic mass is 10.3. The summed E-state index contributed by atoms with van der Waals surface area (Å²) >= 11 is 2.29. The van der Waals surface area contributed by atoms with Crippen LogP contribution in [-0.4, -0.2) is 4.57 Å². The van der Waals surface area contributed by atoms with Gasteiger partial charge in [-0.05, 0) is 78.9 Å². The maximum Gasteiger partial charge on any atom is 0.123 e. The standard InChI is InChI=1S/C15H15FIN3/c1-10-3-4-11(2)19(10)15-9-14(17)20(18-15)13-7-5-12(16)6-8-13/h3-9,15,18H,1-2H3/t15-/m1/s1. The topological polar surface area (TPSA) is 20.2 Å². The van der Waals surface area contributed by atoms with Gasteiger partial charge in [0, 0.05) is 11.4 Å². The summed E-state index contributed by atoms with van der Waals surface area (Å²) in [5.41, 5.74) is 6.78. The van der Waals surface area contributed by atoms with Gasteiger partial charge < -0.3 is 4.57 Å². The molecule has 0 saturated carbocycles. The molecule has 0 saturated heterocycles. The third-order valence-electron chi connectivity index (χ3n) is 3.46. The molecule has 0 amide bonds. The van der Waals surface area contributed by atoms with Gasteiger partial charge in [0.05, 0.1) is 9.39 Å². The van der Waals surface area contributed by atoms with Crippen LogP contribution in [0.25, 0.3) is 0 Å². The third-order valence-corrected chi connectivity index (χ3v) is 4.30. The summed E-state index contributed by atoms with van der Waals surface area (Å²) in [6, 6.07) is 10.7. The zero-order chi connectivity index (χ0) is 14.3. The van der Waals surface area contributed by atoms with E-state index in [1.807, 2.05) is 5.01 Å². The molecular formula is C15H15FIN3. The molecule has 0 unspecified atom stereocenters. The molecule has 2 aromatic rings. The SMILES string of the molecule is Cc1ccc(C)n1[C@@H]1C=C(I)N(c2ccc(F)cc2)N1. The second-order valence-corrected chi connectivity index (χ2v) is 5.97. The maximum atomic E-state index is 13.0. The monoisotopic (exact) mass is 383 g/mol. The van der Waals surface area contributed by atoms with E-state index in [1.54, 1.807) is 12.1 Å². The number of aromatic nitrogens is 1. The molecule has 0 spiro atoms. The first kappa shape index (κ1) is 13.6. The average Bonchev–Trinajstić information content (AvgIpc) is 2.94. The summed E-state index contributed by atoms with van der Waals surface area (Å²) in [5, 5.41) is 1.98. The normalized spacial score (nSPS) is 18.5. The highest BCUT2D eigenvalue weighted by atomic mass is 127. The smallest absolute Gasteiger partial charge is 0.123 e. The molecule has 104 valence electrons. The molecule has 2 heterocycles. The Bertz CT molecular complexity index is 641. The number of aryl methyl sites for hydroxylation is 2. The van der Waals surface area contributed by atoms with Crippen molar-refractivity contribution in [2.24, 2.45) is 0 Å². The fourth-order valence-electron chi connectivity index (χ4n) is 2.48. The number of halogens is 2. The minimum Gasteiger partial charge on any atom is -0.328 e. The minimum atomic E-state index is -0.222. The predicted octanol–water partition coefficient (Wildman–Crippen LogP) is 4.04. The Balaban J connectivity index is 1.89. The zero-order valence-electron chi connectivity index (χ0n) is 11.3. The zero-order valence-corrected chi connectivity index (χ0v) is 13.4. The second kappa shape index (κ2) is 5.21. The second-order valence-electron chi connectivity index (χ2n) is 4.86. The van der Waals surface area contributed by atoms with Gasteiger partial charge in [-0.3, -0.25) is 5.01 Å². The van der Waals surface area contributed by atoms with Gasteiger partial charge in [0.2, 0.25) is 0 Å². The molecule has 3 rings (SSSR count). The van der Waals surface area contributed by atoms with Crippen LogP contribution in [0.5, 0.6) is 0 Å². The fourth-order valence-corrected chi connectivity index (χ4v) is 3.23. The van der Waals surface area contributed by atoms with Crippen LogP contribution in [0, 0.1) is 19.7 Å². The van der Waals surface area contributed by atoms with Crippen molar-refractivity contribution in [1.82, 2.24) is 9.99 Å². The molecule has 5 heteroatoms. The van der Waals surface area contributed by atoms with Crippen LogP contribution in [0.4, 0.5) is 10.1 Å². The van der Waals surface area contributed by atoms with Gasteiger partial charge in [-0.15, -0.1) is 0 Å². The number of benzene rings is 1. The predicted molar refractivity (Wildman–Crippen MR) is 87.1 cm³/mol. The van der Waals surface area contributed by atoms with E-state index in [0.29, 0.717) is 0 Å². The van der Waals surface area contributed by atoms with Crippen molar-refractivity contribution in [2.45, 2.75) is 20.0 Å². The van der Waals surface area contributed by atoms with Crippen molar-refractivity contribution >= 4 is 28.3 Å². The molecule has 1 N–H and O–H groups in total. The fraction of sp³-hybridized carbons (Fsp3) is 0.200. The lowest BCUT2D eigenvalue weighted by molar-refractivity contribution is 0.498. The number of nitrogens with zero attached hydrogens (tertiary/aromatic N) is 2. The van der Waals surface area contributed by atoms with Crippen molar-refractivity contribution in [1.29, 1.82) is 0 Å². The Morgan fingerprint density at radius 3 is 2.25 bits per heavy atom. The molecule has 3 nitrogen and oxygen atoms in total. The summed E-state index contributed by atoms with van der Waals surface area (Å²) in [4.78, 5) is 0. The summed E-state index contributed by atoms with van der Waals surface area (Å²) in [6.07, 6.45) is 2.24. The Morgan fingerprint density at radius 2 is 1.65 bits per heavy atom. The average molecular weight is 383 g/mol. The molecule has 0 bridgehead atoms. The van der Waals surface area contributed by atoms with E-state index >= 15 is 0 Å².